The quantitative estimate of drug-likeness (QED) is 0.876. The van der Waals surface area contributed by atoms with Crippen molar-refractivity contribution in [1.29, 1.82) is 0 Å². The summed E-state index contributed by atoms with van der Waals surface area (Å²) in [6.45, 7) is 3.75. The lowest BCUT2D eigenvalue weighted by Gasteiger charge is -2.26. The van der Waals surface area contributed by atoms with Gasteiger partial charge in [0.1, 0.15) is 5.76 Å². The molecule has 0 unspecified atom stereocenters. The van der Waals surface area contributed by atoms with Gasteiger partial charge in [-0.05, 0) is 62.1 Å². The lowest BCUT2D eigenvalue weighted by molar-refractivity contribution is 0.501. The van der Waals surface area contributed by atoms with E-state index in [0.29, 0.717) is 12.6 Å². The van der Waals surface area contributed by atoms with Gasteiger partial charge in [0.05, 0.1) is 12.8 Å². The van der Waals surface area contributed by atoms with E-state index >= 15 is 0 Å². The first-order valence-corrected chi connectivity index (χ1v) is 7.36. The minimum absolute atomic E-state index is 0.666. The minimum atomic E-state index is 0.666. The van der Waals surface area contributed by atoms with Crippen LogP contribution in [0.1, 0.15) is 29.7 Å². The molecule has 0 aliphatic heterocycles. The summed E-state index contributed by atoms with van der Waals surface area (Å²) in [6, 6.07) is 11.4. The average Bonchev–Trinajstić information content (AvgIpc) is 3.15. The van der Waals surface area contributed by atoms with E-state index in [1.807, 2.05) is 12.1 Å². The van der Waals surface area contributed by atoms with Crippen LogP contribution in [0.4, 0.5) is 5.69 Å². The molecule has 0 radical (unpaired) electrons. The Hall–Kier alpha value is -1.74. The van der Waals surface area contributed by atoms with Crippen LogP contribution in [0, 0.1) is 6.92 Å². The van der Waals surface area contributed by atoms with E-state index < -0.39 is 0 Å². The lowest BCUT2D eigenvalue weighted by atomic mass is 10.1. The standard InChI is InChI=1S/C17H22N2O/c1-13-11-14(8-9-18)4-7-17(13)19(15-5-6-15)12-16-3-2-10-20-16/h2-4,7,10-11,15H,5-6,8-9,12,18H2,1H3. The molecule has 2 aromatic rings. The number of furan rings is 1. The summed E-state index contributed by atoms with van der Waals surface area (Å²) in [4.78, 5) is 2.47. The van der Waals surface area contributed by atoms with Crippen LogP contribution in [0.3, 0.4) is 0 Å². The molecule has 1 fully saturated rings. The zero-order valence-electron chi connectivity index (χ0n) is 12.0. The second-order valence-corrected chi connectivity index (χ2v) is 5.60. The Labute approximate surface area is 120 Å². The van der Waals surface area contributed by atoms with Crippen molar-refractivity contribution in [3.8, 4) is 0 Å². The third-order valence-electron chi connectivity index (χ3n) is 3.90. The van der Waals surface area contributed by atoms with E-state index in [1.165, 1.54) is 29.7 Å². The monoisotopic (exact) mass is 270 g/mol. The van der Waals surface area contributed by atoms with E-state index in [-0.39, 0.29) is 0 Å². The highest BCUT2D eigenvalue weighted by atomic mass is 16.3. The number of nitrogens with two attached hydrogens (primary N) is 1. The van der Waals surface area contributed by atoms with Crippen LogP contribution in [0.5, 0.6) is 0 Å². The fourth-order valence-electron chi connectivity index (χ4n) is 2.73. The van der Waals surface area contributed by atoms with Crippen LogP contribution in [0.15, 0.2) is 41.0 Å². The highest BCUT2D eigenvalue weighted by Crippen LogP contribution is 2.35. The molecule has 0 atom stereocenters. The Morgan fingerprint density at radius 3 is 2.75 bits per heavy atom. The Morgan fingerprint density at radius 1 is 1.30 bits per heavy atom. The summed E-state index contributed by atoms with van der Waals surface area (Å²) < 4.78 is 5.51. The Bertz CT molecular complexity index is 558. The van der Waals surface area contributed by atoms with E-state index in [1.54, 1.807) is 6.26 Å². The van der Waals surface area contributed by atoms with Crippen molar-refractivity contribution in [3.05, 3.63) is 53.5 Å². The Balaban J connectivity index is 1.83. The molecule has 1 saturated carbocycles. The molecule has 1 heterocycles. The number of hydrogen-bond acceptors (Lipinski definition) is 3. The molecule has 20 heavy (non-hydrogen) atoms. The molecule has 1 aliphatic carbocycles. The molecule has 3 rings (SSSR count). The van der Waals surface area contributed by atoms with Gasteiger partial charge >= 0.3 is 0 Å². The predicted octanol–water partition coefficient (Wildman–Crippen LogP) is 3.26. The molecular weight excluding hydrogens is 248 g/mol. The normalized spacial score (nSPS) is 14.5. The zero-order chi connectivity index (χ0) is 13.9. The van der Waals surface area contributed by atoms with Gasteiger partial charge < -0.3 is 15.1 Å². The molecule has 0 amide bonds. The van der Waals surface area contributed by atoms with E-state index in [2.05, 4.69) is 30.0 Å². The summed E-state index contributed by atoms with van der Waals surface area (Å²) in [5.41, 5.74) is 9.61. The first-order valence-electron chi connectivity index (χ1n) is 7.36. The van der Waals surface area contributed by atoms with Crippen LogP contribution < -0.4 is 10.6 Å². The number of rotatable bonds is 6. The van der Waals surface area contributed by atoms with Crippen LogP contribution in [-0.4, -0.2) is 12.6 Å². The Kier molecular flexibility index (Phi) is 3.79. The van der Waals surface area contributed by atoms with Crippen molar-refractivity contribution in [2.45, 2.75) is 38.8 Å². The number of nitrogens with zero attached hydrogens (tertiary/aromatic N) is 1. The molecule has 1 aliphatic rings. The van der Waals surface area contributed by atoms with Crippen molar-refractivity contribution in [2.24, 2.45) is 5.73 Å². The molecule has 3 heteroatoms. The topological polar surface area (TPSA) is 42.4 Å². The Morgan fingerprint density at radius 2 is 2.15 bits per heavy atom. The summed E-state index contributed by atoms with van der Waals surface area (Å²) in [6.07, 6.45) is 5.26. The summed E-state index contributed by atoms with van der Waals surface area (Å²) in [7, 11) is 0. The van der Waals surface area contributed by atoms with Gasteiger partial charge in [0.25, 0.3) is 0 Å². The first-order chi connectivity index (χ1) is 9.78. The molecule has 106 valence electrons. The fourth-order valence-corrected chi connectivity index (χ4v) is 2.73. The van der Waals surface area contributed by atoms with Crippen LogP contribution >= 0.6 is 0 Å². The van der Waals surface area contributed by atoms with Crippen molar-refractivity contribution in [3.63, 3.8) is 0 Å². The smallest absolute Gasteiger partial charge is 0.123 e. The molecular formula is C17H22N2O. The predicted molar refractivity (Wildman–Crippen MR) is 81.9 cm³/mol. The van der Waals surface area contributed by atoms with Crippen molar-refractivity contribution in [2.75, 3.05) is 11.4 Å². The highest BCUT2D eigenvalue weighted by Gasteiger charge is 2.30. The zero-order valence-corrected chi connectivity index (χ0v) is 12.0. The van der Waals surface area contributed by atoms with Crippen molar-refractivity contribution in [1.82, 2.24) is 0 Å². The molecule has 0 spiro atoms. The average molecular weight is 270 g/mol. The fraction of sp³-hybridized carbons (Fsp3) is 0.412. The molecule has 0 bridgehead atoms. The van der Waals surface area contributed by atoms with Crippen LogP contribution in [0.2, 0.25) is 0 Å². The second-order valence-electron chi connectivity index (χ2n) is 5.60. The van der Waals surface area contributed by atoms with E-state index in [0.717, 1.165) is 18.7 Å². The summed E-state index contributed by atoms with van der Waals surface area (Å²) in [5, 5.41) is 0. The first kappa shape index (κ1) is 13.3. The molecule has 1 aromatic carbocycles. The van der Waals surface area contributed by atoms with E-state index in [4.69, 9.17) is 10.2 Å². The number of anilines is 1. The van der Waals surface area contributed by atoms with Gasteiger partial charge in [0.2, 0.25) is 0 Å². The van der Waals surface area contributed by atoms with Gasteiger partial charge in [-0.1, -0.05) is 12.1 Å². The van der Waals surface area contributed by atoms with Gasteiger partial charge in [-0.2, -0.15) is 0 Å². The molecule has 0 saturated heterocycles. The van der Waals surface area contributed by atoms with E-state index in [9.17, 15) is 0 Å². The maximum atomic E-state index is 5.63. The van der Waals surface area contributed by atoms with Crippen molar-refractivity contribution >= 4 is 5.69 Å². The minimum Gasteiger partial charge on any atom is -0.467 e. The number of aryl methyl sites for hydroxylation is 1. The summed E-state index contributed by atoms with van der Waals surface area (Å²) in [5.74, 6) is 1.03. The SMILES string of the molecule is Cc1cc(CCN)ccc1N(Cc1ccco1)C1CC1. The van der Waals surface area contributed by atoms with Crippen LogP contribution in [0.25, 0.3) is 0 Å². The third-order valence-corrected chi connectivity index (χ3v) is 3.90. The van der Waals surface area contributed by atoms with Gasteiger partial charge in [0, 0.05) is 11.7 Å². The molecule has 3 nitrogen and oxygen atoms in total. The largest absolute Gasteiger partial charge is 0.467 e. The maximum absolute atomic E-state index is 5.63. The number of hydrogen-bond donors (Lipinski definition) is 1. The lowest BCUT2D eigenvalue weighted by Crippen LogP contribution is -2.25. The second kappa shape index (κ2) is 5.71. The van der Waals surface area contributed by atoms with Gasteiger partial charge in [-0.25, -0.2) is 0 Å². The van der Waals surface area contributed by atoms with Gasteiger partial charge in [0.15, 0.2) is 0 Å². The van der Waals surface area contributed by atoms with Crippen LogP contribution in [-0.2, 0) is 13.0 Å². The maximum Gasteiger partial charge on any atom is 0.123 e. The number of benzene rings is 1. The molecule has 1 aromatic heterocycles. The van der Waals surface area contributed by atoms with Gasteiger partial charge in [-0.3, -0.25) is 0 Å². The third kappa shape index (κ3) is 2.88. The molecule has 2 N–H and O–H groups in total. The summed E-state index contributed by atoms with van der Waals surface area (Å²) >= 11 is 0. The highest BCUT2D eigenvalue weighted by molar-refractivity contribution is 5.56. The van der Waals surface area contributed by atoms with Crippen molar-refractivity contribution < 1.29 is 4.42 Å². The van der Waals surface area contributed by atoms with Gasteiger partial charge in [-0.15, -0.1) is 0 Å².